The molecule has 0 aliphatic carbocycles. The van der Waals surface area contributed by atoms with Crippen molar-refractivity contribution in [2.75, 3.05) is 6.61 Å². The molecule has 7 heteroatoms. The average Bonchev–Trinajstić information content (AvgIpc) is 2.13. The van der Waals surface area contributed by atoms with Crippen LogP contribution in [0.25, 0.3) is 0 Å². The van der Waals surface area contributed by atoms with Crippen molar-refractivity contribution in [1.82, 2.24) is 0 Å². The van der Waals surface area contributed by atoms with Crippen molar-refractivity contribution in [3.63, 3.8) is 0 Å². The number of carbonyl (C=O) groups excluding carboxylic acids is 1. The standard InChI is InChI=1S/C11H9Cl2F3O2/c1-2-18-10(17)9(11(14,15)16)6-3-7(12)5-8(13)4-6/h3-5,9H,2H2,1H3. The van der Waals surface area contributed by atoms with Crippen LogP contribution in [0.3, 0.4) is 0 Å². The second-order valence-electron chi connectivity index (χ2n) is 3.43. The topological polar surface area (TPSA) is 26.3 Å². The number of esters is 1. The molecule has 0 amide bonds. The molecule has 100 valence electrons. The molecule has 0 heterocycles. The van der Waals surface area contributed by atoms with Crippen molar-refractivity contribution in [3.8, 4) is 0 Å². The fourth-order valence-corrected chi connectivity index (χ4v) is 1.97. The largest absolute Gasteiger partial charge is 0.465 e. The fraction of sp³-hybridized carbons (Fsp3) is 0.364. The van der Waals surface area contributed by atoms with Gasteiger partial charge in [0.15, 0.2) is 5.92 Å². The van der Waals surface area contributed by atoms with Gasteiger partial charge < -0.3 is 4.74 Å². The maximum atomic E-state index is 12.9. The first kappa shape index (κ1) is 15.1. The van der Waals surface area contributed by atoms with Gasteiger partial charge in [-0.3, -0.25) is 4.79 Å². The lowest BCUT2D eigenvalue weighted by Gasteiger charge is -2.19. The zero-order valence-corrected chi connectivity index (χ0v) is 10.7. The van der Waals surface area contributed by atoms with Gasteiger partial charge >= 0.3 is 12.1 Å². The Morgan fingerprint density at radius 2 is 1.78 bits per heavy atom. The van der Waals surface area contributed by atoms with Gasteiger partial charge in [0, 0.05) is 10.0 Å². The average molecular weight is 301 g/mol. The van der Waals surface area contributed by atoms with Gasteiger partial charge in [-0.2, -0.15) is 13.2 Å². The van der Waals surface area contributed by atoms with Crippen LogP contribution < -0.4 is 0 Å². The quantitative estimate of drug-likeness (QED) is 0.782. The molecule has 18 heavy (non-hydrogen) atoms. The molecule has 2 nitrogen and oxygen atoms in total. The molecular formula is C11H9Cl2F3O2. The van der Waals surface area contributed by atoms with Crippen LogP contribution >= 0.6 is 23.2 Å². The van der Waals surface area contributed by atoms with Crippen LogP contribution in [-0.2, 0) is 9.53 Å². The number of carbonyl (C=O) groups is 1. The molecule has 1 rings (SSSR count). The number of benzene rings is 1. The number of hydrogen-bond donors (Lipinski definition) is 0. The summed E-state index contributed by atoms with van der Waals surface area (Å²) < 4.78 is 43.0. The number of ether oxygens (including phenoxy) is 1. The maximum Gasteiger partial charge on any atom is 0.406 e. The minimum atomic E-state index is -4.76. The molecule has 1 aromatic rings. The van der Waals surface area contributed by atoms with Gasteiger partial charge in [-0.1, -0.05) is 23.2 Å². The van der Waals surface area contributed by atoms with Gasteiger partial charge in [0.25, 0.3) is 0 Å². The van der Waals surface area contributed by atoms with Crippen LogP contribution in [0.1, 0.15) is 18.4 Å². The van der Waals surface area contributed by atoms with Crippen molar-refractivity contribution in [2.24, 2.45) is 0 Å². The predicted molar refractivity (Wildman–Crippen MR) is 61.9 cm³/mol. The van der Waals surface area contributed by atoms with Crippen molar-refractivity contribution in [3.05, 3.63) is 33.8 Å². The van der Waals surface area contributed by atoms with E-state index in [2.05, 4.69) is 4.74 Å². The molecule has 0 radical (unpaired) electrons. The summed E-state index contributed by atoms with van der Waals surface area (Å²) in [4.78, 5) is 11.4. The molecule has 0 aliphatic heterocycles. The Morgan fingerprint density at radius 1 is 1.28 bits per heavy atom. The molecular weight excluding hydrogens is 292 g/mol. The summed E-state index contributed by atoms with van der Waals surface area (Å²) >= 11 is 11.2. The summed E-state index contributed by atoms with van der Waals surface area (Å²) in [5.41, 5.74) is -0.335. The lowest BCUT2D eigenvalue weighted by molar-refractivity contribution is -0.180. The molecule has 0 spiro atoms. The third kappa shape index (κ3) is 3.78. The Hall–Kier alpha value is -0.940. The monoisotopic (exact) mass is 300 g/mol. The lowest BCUT2D eigenvalue weighted by atomic mass is 9.99. The first-order valence-electron chi connectivity index (χ1n) is 4.95. The Kier molecular flexibility index (Phi) is 4.87. The molecule has 0 saturated heterocycles. The van der Waals surface area contributed by atoms with Crippen LogP contribution in [-0.4, -0.2) is 18.8 Å². The van der Waals surface area contributed by atoms with Crippen LogP contribution in [0.4, 0.5) is 13.2 Å². The highest BCUT2D eigenvalue weighted by molar-refractivity contribution is 6.34. The minimum Gasteiger partial charge on any atom is -0.465 e. The zero-order valence-electron chi connectivity index (χ0n) is 9.22. The van der Waals surface area contributed by atoms with E-state index >= 15 is 0 Å². The molecule has 1 unspecified atom stereocenters. The molecule has 1 atom stereocenters. The van der Waals surface area contributed by atoms with Gasteiger partial charge in [0.2, 0.25) is 0 Å². The highest BCUT2D eigenvalue weighted by Gasteiger charge is 2.47. The number of halogens is 5. The van der Waals surface area contributed by atoms with E-state index in [0.29, 0.717) is 0 Å². The third-order valence-corrected chi connectivity index (χ3v) is 2.50. The molecule has 0 fully saturated rings. The van der Waals surface area contributed by atoms with Crippen LogP contribution in [0.5, 0.6) is 0 Å². The minimum absolute atomic E-state index is 0.0241. The zero-order chi connectivity index (χ0) is 13.9. The first-order chi connectivity index (χ1) is 8.25. The molecule has 0 aromatic heterocycles. The summed E-state index contributed by atoms with van der Waals surface area (Å²) in [6.07, 6.45) is -4.76. The van der Waals surface area contributed by atoms with Gasteiger partial charge in [-0.25, -0.2) is 0 Å². The molecule has 0 bridgehead atoms. The summed E-state index contributed by atoms with van der Waals surface area (Å²) in [5.74, 6) is -3.75. The first-order valence-corrected chi connectivity index (χ1v) is 5.70. The third-order valence-electron chi connectivity index (χ3n) is 2.07. The van der Waals surface area contributed by atoms with Gasteiger partial charge in [0.1, 0.15) is 0 Å². The van der Waals surface area contributed by atoms with E-state index in [4.69, 9.17) is 23.2 Å². The molecule has 0 saturated carbocycles. The van der Waals surface area contributed by atoms with E-state index in [0.717, 1.165) is 12.1 Å². The van der Waals surface area contributed by atoms with E-state index in [-0.39, 0.29) is 22.2 Å². The Labute approximate surface area is 112 Å². The highest BCUT2D eigenvalue weighted by atomic mass is 35.5. The summed E-state index contributed by atoms with van der Waals surface area (Å²) in [5, 5.41) is 0.0482. The predicted octanol–water partition coefficient (Wildman–Crippen LogP) is 4.20. The van der Waals surface area contributed by atoms with Gasteiger partial charge in [-0.05, 0) is 30.7 Å². The van der Waals surface area contributed by atoms with E-state index in [1.807, 2.05) is 0 Å². The summed E-state index contributed by atoms with van der Waals surface area (Å²) in [7, 11) is 0. The molecule has 1 aromatic carbocycles. The van der Waals surface area contributed by atoms with Gasteiger partial charge in [0.05, 0.1) is 6.61 Å². The number of rotatable bonds is 3. The SMILES string of the molecule is CCOC(=O)C(c1cc(Cl)cc(Cl)c1)C(F)(F)F. The molecule has 0 N–H and O–H groups in total. The van der Waals surface area contributed by atoms with E-state index < -0.39 is 18.1 Å². The fourth-order valence-electron chi connectivity index (χ4n) is 1.43. The van der Waals surface area contributed by atoms with E-state index in [1.165, 1.54) is 13.0 Å². The van der Waals surface area contributed by atoms with Crippen molar-refractivity contribution < 1.29 is 22.7 Å². The maximum absolute atomic E-state index is 12.9. The van der Waals surface area contributed by atoms with Crippen molar-refractivity contribution in [2.45, 2.75) is 19.0 Å². The van der Waals surface area contributed by atoms with Crippen LogP contribution in [0, 0.1) is 0 Å². The second kappa shape index (κ2) is 5.80. The second-order valence-corrected chi connectivity index (χ2v) is 4.30. The Morgan fingerprint density at radius 3 is 2.17 bits per heavy atom. The normalized spacial score (nSPS) is 13.2. The smallest absolute Gasteiger partial charge is 0.406 e. The van der Waals surface area contributed by atoms with Crippen molar-refractivity contribution in [1.29, 1.82) is 0 Å². The summed E-state index contributed by atoms with van der Waals surface area (Å²) in [6, 6.07) is 3.37. The lowest BCUT2D eigenvalue weighted by Crippen LogP contribution is -2.30. The van der Waals surface area contributed by atoms with Gasteiger partial charge in [-0.15, -0.1) is 0 Å². The van der Waals surface area contributed by atoms with E-state index in [1.54, 1.807) is 0 Å². The number of alkyl halides is 3. The Balaban J connectivity index is 3.22. The number of hydrogen-bond acceptors (Lipinski definition) is 2. The van der Waals surface area contributed by atoms with E-state index in [9.17, 15) is 18.0 Å². The van der Waals surface area contributed by atoms with Crippen LogP contribution in [0.2, 0.25) is 10.0 Å². The highest BCUT2D eigenvalue weighted by Crippen LogP contribution is 2.37. The van der Waals surface area contributed by atoms with Crippen LogP contribution in [0.15, 0.2) is 18.2 Å². The summed E-state index contributed by atoms with van der Waals surface area (Å²) in [6.45, 7) is 1.29. The molecule has 0 aliphatic rings. The Bertz CT molecular complexity index is 426. The van der Waals surface area contributed by atoms with Crippen molar-refractivity contribution >= 4 is 29.2 Å².